The molecule has 5 rings (SSSR count). The van der Waals surface area contributed by atoms with Gasteiger partial charge >= 0.3 is 0 Å². The maximum Gasteiger partial charge on any atom is 0.156 e. The molecule has 2 N–H and O–H groups in total. The van der Waals surface area contributed by atoms with E-state index in [9.17, 15) is 0 Å². The maximum atomic E-state index is 6.25. The van der Waals surface area contributed by atoms with Gasteiger partial charge in [0.25, 0.3) is 0 Å². The highest BCUT2D eigenvalue weighted by Crippen LogP contribution is 2.24. The molecule has 0 bridgehead atoms. The molecule has 0 aromatic carbocycles. The first kappa shape index (κ1) is 18.6. The molecular weight excluding hydrogens is 376 g/mol. The number of fused-ring (bicyclic) bond motifs is 1. The van der Waals surface area contributed by atoms with E-state index in [1.54, 1.807) is 12.4 Å². The Hall–Kier alpha value is -3.39. The molecule has 1 unspecified atom stereocenters. The minimum atomic E-state index is 0.188. The molecule has 1 saturated heterocycles. The molecule has 0 saturated carbocycles. The van der Waals surface area contributed by atoms with Crippen LogP contribution in [0.5, 0.6) is 0 Å². The highest BCUT2D eigenvalue weighted by molar-refractivity contribution is 5.82. The fraction of sp³-hybridized carbons (Fsp3) is 0.318. The zero-order valence-corrected chi connectivity index (χ0v) is 16.9. The fourth-order valence-electron chi connectivity index (χ4n) is 3.92. The van der Waals surface area contributed by atoms with Crippen LogP contribution in [0.2, 0.25) is 0 Å². The average Bonchev–Trinajstić information content (AvgIpc) is 3.07. The number of nitrogens with zero attached hydrogens (tertiary/aromatic N) is 7. The smallest absolute Gasteiger partial charge is 0.156 e. The standard InChI is InChI=1S/C22H24N8/c1-15-10-24-13-19(27-15)18-9-20-16(11-25-18)12-26-30(20)22-7-4-6-21(28-22)29-8-3-2-5-17(23)14-29/h4,6-7,9-13,17H,2-3,5,8,14,23H2,1H3. The van der Waals surface area contributed by atoms with Crippen molar-refractivity contribution in [2.45, 2.75) is 32.2 Å². The van der Waals surface area contributed by atoms with Gasteiger partial charge < -0.3 is 10.6 Å². The van der Waals surface area contributed by atoms with Crippen LogP contribution in [0.3, 0.4) is 0 Å². The Bertz CT molecular complexity index is 1180. The van der Waals surface area contributed by atoms with Gasteiger partial charge in [0.1, 0.15) is 11.5 Å². The third-order valence-electron chi connectivity index (χ3n) is 5.44. The first-order chi connectivity index (χ1) is 14.7. The van der Waals surface area contributed by atoms with Crippen molar-refractivity contribution in [1.29, 1.82) is 0 Å². The van der Waals surface area contributed by atoms with E-state index in [4.69, 9.17) is 10.7 Å². The summed E-state index contributed by atoms with van der Waals surface area (Å²) in [6, 6.07) is 8.22. The van der Waals surface area contributed by atoms with E-state index in [0.717, 1.165) is 65.6 Å². The molecule has 30 heavy (non-hydrogen) atoms. The second kappa shape index (κ2) is 7.79. The summed E-state index contributed by atoms with van der Waals surface area (Å²) in [6.45, 7) is 3.73. The minimum absolute atomic E-state index is 0.188. The van der Waals surface area contributed by atoms with Crippen LogP contribution in [0.15, 0.2) is 49.1 Å². The van der Waals surface area contributed by atoms with Crippen molar-refractivity contribution in [2.24, 2.45) is 5.73 Å². The van der Waals surface area contributed by atoms with Crippen LogP contribution in [-0.4, -0.2) is 48.8 Å². The SMILES string of the molecule is Cc1cncc(-c2cc3c(cn2)cnn3-c2cccc(N3CCCCC(N)C3)n2)n1. The molecule has 1 atom stereocenters. The summed E-state index contributed by atoms with van der Waals surface area (Å²) < 4.78 is 1.85. The molecule has 1 aliphatic rings. The van der Waals surface area contributed by atoms with Crippen LogP contribution in [0.4, 0.5) is 5.82 Å². The van der Waals surface area contributed by atoms with Crippen LogP contribution < -0.4 is 10.6 Å². The van der Waals surface area contributed by atoms with Crippen LogP contribution >= 0.6 is 0 Å². The lowest BCUT2D eigenvalue weighted by molar-refractivity contribution is 0.620. The molecular formula is C22H24N8. The zero-order valence-electron chi connectivity index (χ0n) is 16.9. The highest BCUT2D eigenvalue weighted by atomic mass is 15.3. The maximum absolute atomic E-state index is 6.25. The van der Waals surface area contributed by atoms with E-state index in [0.29, 0.717) is 0 Å². The van der Waals surface area contributed by atoms with Crippen molar-refractivity contribution in [3.8, 4) is 17.2 Å². The molecule has 152 valence electrons. The number of rotatable bonds is 3. The van der Waals surface area contributed by atoms with Gasteiger partial charge in [-0.05, 0) is 38.0 Å². The summed E-state index contributed by atoms with van der Waals surface area (Å²) in [4.78, 5) is 20.5. The van der Waals surface area contributed by atoms with Gasteiger partial charge in [-0.3, -0.25) is 9.97 Å². The van der Waals surface area contributed by atoms with Gasteiger partial charge in [-0.2, -0.15) is 5.10 Å². The van der Waals surface area contributed by atoms with Crippen molar-refractivity contribution in [3.63, 3.8) is 0 Å². The lowest BCUT2D eigenvalue weighted by atomic mass is 10.2. The van der Waals surface area contributed by atoms with Crippen molar-refractivity contribution >= 4 is 16.7 Å². The monoisotopic (exact) mass is 400 g/mol. The number of aryl methyl sites for hydroxylation is 1. The molecule has 0 spiro atoms. The lowest BCUT2D eigenvalue weighted by Crippen LogP contribution is -2.36. The largest absolute Gasteiger partial charge is 0.355 e. The average molecular weight is 400 g/mol. The minimum Gasteiger partial charge on any atom is -0.355 e. The van der Waals surface area contributed by atoms with E-state index in [-0.39, 0.29) is 6.04 Å². The summed E-state index contributed by atoms with van der Waals surface area (Å²) in [5, 5.41) is 5.52. The number of hydrogen-bond donors (Lipinski definition) is 1. The first-order valence-electron chi connectivity index (χ1n) is 10.3. The summed E-state index contributed by atoms with van der Waals surface area (Å²) in [7, 11) is 0. The molecule has 0 aliphatic carbocycles. The molecule has 4 aromatic heterocycles. The van der Waals surface area contributed by atoms with Crippen LogP contribution in [0.25, 0.3) is 28.1 Å². The number of hydrogen-bond acceptors (Lipinski definition) is 7. The number of aromatic nitrogens is 6. The van der Waals surface area contributed by atoms with Crippen LogP contribution in [0.1, 0.15) is 25.0 Å². The van der Waals surface area contributed by atoms with Gasteiger partial charge in [-0.25, -0.2) is 14.6 Å². The molecule has 8 heteroatoms. The van der Waals surface area contributed by atoms with E-state index in [1.165, 1.54) is 6.42 Å². The Morgan fingerprint density at radius 2 is 1.90 bits per heavy atom. The normalized spacial score (nSPS) is 17.3. The Morgan fingerprint density at radius 3 is 2.80 bits per heavy atom. The number of anilines is 1. The molecule has 1 fully saturated rings. The molecule has 8 nitrogen and oxygen atoms in total. The molecule has 0 amide bonds. The van der Waals surface area contributed by atoms with Crippen LogP contribution in [-0.2, 0) is 0 Å². The number of pyridine rings is 2. The summed E-state index contributed by atoms with van der Waals surface area (Å²) >= 11 is 0. The quantitative estimate of drug-likeness (QED) is 0.564. The van der Waals surface area contributed by atoms with E-state index in [1.807, 2.05) is 48.3 Å². The van der Waals surface area contributed by atoms with Gasteiger partial charge in [-0.1, -0.05) is 12.5 Å². The van der Waals surface area contributed by atoms with Crippen molar-refractivity contribution in [1.82, 2.24) is 29.7 Å². The third kappa shape index (κ3) is 3.61. The van der Waals surface area contributed by atoms with Crippen molar-refractivity contribution in [3.05, 3.63) is 54.7 Å². The van der Waals surface area contributed by atoms with Gasteiger partial charge in [0.05, 0.1) is 29.3 Å². The van der Waals surface area contributed by atoms with Crippen molar-refractivity contribution in [2.75, 3.05) is 18.0 Å². The zero-order chi connectivity index (χ0) is 20.5. The third-order valence-corrected chi connectivity index (χ3v) is 5.44. The second-order valence-electron chi connectivity index (χ2n) is 7.79. The first-order valence-corrected chi connectivity index (χ1v) is 10.3. The topological polar surface area (TPSA) is 98.6 Å². The lowest BCUT2D eigenvalue weighted by Gasteiger charge is -2.24. The van der Waals surface area contributed by atoms with Crippen LogP contribution in [0, 0.1) is 6.92 Å². The Kier molecular flexibility index (Phi) is 4.84. The predicted octanol–water partition coefficient (Wildman–Crippen LogP) is 2.90. The Balaban J connectivity index is 1.54. The van der Waals surface area contributed by atoms with Gasteiger partial charge in [0.2, 0.25) is 0 Å². The second-order valence-corrected chi connectivity index (χ2v) is 7.79. The van der Waals surface area contributed by atoms with Gasteiger partial charge in [0, 0.05) is 36.9 Å². The van der Waals surface area contributed by atoms with Gasteiger partial charge in [-0.15, -0.1) is 0 Å². The molecule has 4 aromatic rings. The fourth-order valence-corrected chi connectivity index (χ4v) is 3.92. The Morgan fingerprint density at radius 1 is 1.00 bits per heavy atom. The van der Waals surface area contributed by atoms with E-state index in [2.05, 4.69) is 25.0 Å². The van der Waals surface area contributed by atoms with E-state index < -0.39 is 0 Å². The van der Waals surface area contributed by atoms with E-state index >= 15 is 0 Å². The summed E-state index contributed by atoms with van der Waals surface area (Å²) in [6.07, 6.45) is 10.5. The summed E-state index contributed by atoms with van der Waals surface area (Å²) in [5.74, 6) is 1.71. The Labute approximate surface area is 174 Å². The molecule has 5 heterocycles. The van der Waals surface area contributed by atoms with Crippen molar-refractivity contribution < 1.29 is 0 Å². The predicted molar refractivity (Wildman–Crippen MR) is 116 cm³/mol. The molecule has 0 radical (unpaired) electrons. The van der Waals surface area contributed by atoms with Gasteiger partial charge in [0.15, 0.2) is 5.82 Å². The molecule has 1 aliphatic heterocycles. The highest BCUT2D eigenvalue weighted by Gasteiger charge is 2.17. The number of nitrogens with two attached hydrogens (primary N) is 1. The summed E-state index contributed by atoms with van der Waals surface area (Å²) in [5.41, 5.74) is 9.53.